The van der Waals surface area contributed by atoms with E-state index in [1.54, 1.807) is 13.8 Å². The van der Waals surface area contributed by atoms with Crippen molar-refractivity contribution < 1.29 is 19.1 Å². The normalized spacial score (nSPS) is 11.7. The third-order valence-electron chi connectivity index (χ3n) is 3.12. The SMILES string of the molecule is COC(=O)C(C(=O)OC)C(C)(C)/C=C/c1ccccc1. The minimum Gasteiger partial charge on any atom is -0.468 e. The van der Waals surface area contributed by atoms with Gasteiger partial charge < -0.3 is 9.47 Å². The van der Waals surface area contributed by atoms with Gasteiger partial charge >= 0.3 is 11.9 Å². The monoisotopic (exact) mass is 276 g/mol. The molecule has 0 amide bonds. The lowest BCUT2D eigenvalue weighted by Gasteiger charge is -2.27. The molecule has 20 heavy (non-hydrogen) atoms. The van der Waals surface area contributed by atoms with E-state index in [4.69, 9.17) is 9.47 Å². The van der Waals surface area contributed by atoms with E-state index < -0.39 is 23.3 Å². The molecule has 0 atom stereocenters. The van der Waals surface area contributed by atoms with Crippen LogP contribution in [0.5, 0.6) is 0 Å². The van der Waals surface area contributed by atoms with Crippen molar-refractivity contribution in [3.8, 4) is 0 Å². The molecular weight excluding hydrogens is 256 g/mol. The molecule has 0 aliphatic carbocycles. The summed E-state index contributed by atoms with van der Waals surface area (Å²) in [5.74, 6) is -2.18. The van der Waals surface area contributed by atoms with Crippen molar-refractivity contribution in [2.24, 2.45) is 11.3 Å². The topological polar surface area (TPSA) is 52.6 Å². The molecule has 0 saturated carbocycles. The van der Waals surface area contributed by atoms with E-state index in [0.717, 1.165) is 5.56 Å². The second kappa shape index (κ2) is 6.89. The van der Waals surface area contributed by atoms with Crippen LogP contribution in [0.1, 0.15) is 19.4 Å². The number of ether oxygens (including phenoxy) is 2. The molecule has 0 aromatic heterocycles. The van der Waals surface area contributed by atoms with Crippen molar-refractivity contribution in [1.82, 2.24) is 0 Å². The highest BCUT2D eigenvalue weighted by Gasteiger charge is 2.41. The first-order valence-electron chi connectivity index (χ1n) is 6.32. The van der Waals surface area contributed by atoms with Crippen molar-refractivity contribution in [3.63, 3.8) is 0 Å². The summed E-state index contributed by atoms with van der Waals surface area (Å²) in [4.78, 5) is 23.6. The van der Waals surface area contributed by atoms with Crippen molar-refractivity contribution in [2.75, 3.05) is 14.2 Å². The van der Waals surface area contributed by atoms with Crippen LogP contribution in [0.3, 0.4) is 0 Å². The minimum absolute atomic E-state index is 0.598. The van der Waals surface area contributed by atoms with Crippen LogP contribution in [-0.4, -0.2) is 26.2 Å². The lowest BCUT2D eigenvalue weighted by Crippen LogP contribution is -2.37. The molecular formula is C16H20O4. The summed E-state index contributed by atoms with van der Waals surface area (Å²) in [7, 11) is 2.52. The Balaban J connectivity index is 3.01. The molecule has 0 bridgehead atoms. The number of benzene rings is 1. The van der Waals surface area contributed by atoms with Gasteiger partial charge in [-0.15, -0.1) is 0 Å². The number of carbonyl (C=O) groups excluding carboxylic acids is 2. The van der Waals surface area contributed by atoms with E-state index in [-0.39, 0.29) is 0 Å². The van der Waals surface area contributed by atoms with Crippen LogP contribution < -0.4 is 0 Å². The Morgan fingerprint density at radius 2 is 1.55 bits per heavy atom. The van der Waals surface area contributed by atoms with E-state index >= 15 is 0 Å². The number of rotatable bonds is 5. The highest BCUT2D eigenvalue weighted by molar-refractivity contribution is 5.96. The van der Waals surface area contributed by atoms with Crippen LogP contribution in [0.2, 0.25) is 0 Å². The lowest BCUT2D eigenvalue weighted by molar-refractivity contribution is -0.163. The maximum atomic E-state index is 11.8. The Labute approximate surface area is 119 Å². The fourth-order valence-corrected chi connectivity index (χ4v) is 1.91. The maximum absolute atomic E-state index is 11.8. The number of carbonyl (C=O) groups is 2. The van der Waals surface area contributed by atoms with Gasteiger partial charge in [0.25, 0.3) is 0 Å². The maximum Gasteiger partial charge on any atom is 0.320 e. The van der Waals surface area contributed by atoms with Crippen LogP contribution in [0.25, 0.3) is 6.08 Å². The van der Waals surface area contributed by atoms with Crippen molar-refractivity contribution in [2.45, 2.75) is 13.8 Å². The van der Waals surface area contributed by atoms with Gasteiger partial charge in [0.05, 0.1) is 14.2 Å². The first-order valence-corrected chi connectivity index (χ1v) is 6.32. The smallest absolute Gasteiger partial charge is 0.320 e. The van der Waals surface area contributed by atoms with Crippen molar-refractivity contribution in [3.05, 3.63) is 42.0 Å². The highest BCUT2D eigenvalue weighted by Crippen LogP contribution is 2.31. The van der Waals surface area contributed by atoms with Gasteiger partial charge in [-0.1, -0.05) is 56.3 Å². The summed E-state index contributed by atoms with van der Waals surface area (Å²) >= 11 is 0. The van der Waals surface area contributed by atoms with Crippen LogP contribution in [0.15, 0.2) is 36.4 Å². The van der Waals surface area contributed by atoms with Crippen LogP contribution >= 0.6 is 0 Å². The second-order valence-electron chi connectivity index (χ2n) is 5.04. The Hall–Kier alpha value is -2.10. The molecule has 0 unspecified atom stereocenters. The third-order valence-corrected chi connectivity index (χ3v) is 3.12. The number of allylic oxidation sites excluding steroid dienone is 1. The average molecular weight is 276 g/mol. The number of methoxy groups -OCH3 is 2. The predicted octanol–water partition coefficient (Wildman–Crippen LogP) is 2.69. The Morgan fingerprint density at radius 3 is 2.00 bits per heavy atom. The summed E-state index contributed by atoms with van der Waals surface area (Å²) in [6.45, 7) is 3.59. The summed E-state index contributed by atoms with van der Waals surface area (Å²) in [6, 6.07) is 9.65. The van der Waals surface area contributed by atoms with Gasteiger partial charge in [-0.25, -0.2) is 0 Å². The summed E-state index contributed by atoms with van der Waals surface area (Å²) in [5, 5.41) is 0. The molecule has 1 rings (SSSR count). The van der Waals surface area contributed by atoms with Gasteiger partial charge in [-0.05, 0) is 5.56 Å². The molecule has 0 heterocycles. The Bertz CT molecular complexity index is 472. The Morgan fingerprint density at radius 1 is 1.05 bits per heavy atom. The van der Waals surface area contributed by atoms with E-state index in [9.17, 15) is 9.59 Å². The minimum atomic E-state index is -0.988. The quantitative estimate of drug-likeness (QED) is 0.613. The van der Waals surface area contributed by atoms with E-state index in [0.29, 0.717) is 0 Å². The van der Waals surface area contributed by atoms with E-state index in [2.05, 4.69) is 0 Å². The molecule has 0 radical (unpaired) electrons. The molecule has 1 aromatic carbocycles. The zero-order chi connectivity index (χ0) is 15.2. The molecule has 0 fully saturated rings. The Kier molecular flexibility index (Phi) is 5.50. The molecule has 0 aliphatic rings. The first kappa shape index (κ1) is 16.0. The zero-order valence-electron chi connectivity index (χ0n) is 12.3. The standard InChI is InChI=1S/C16H20O4/c1-16(2,11-10-12-8-6-5-7-9-12)13(14(17)19-3)15(18)20-4/h5-11,13H,1-4H3/b11-10+. The zero-order valence-corrected chi connectivity index (χ0v) is 12.3. The lowest BCUT2D eigenvalue weighted by atomic mass is 9.78. The van der Waals surface area contributed by atoms with Gasteiger partial charge in [0.15, 0.2) is 5.92 Å². The molecule has 0 saturated heterocycles. The van der Waals surface area contributed by atoms with Gasteiger partial charge in [-0.2, -0.15) is 0 Å². The fraction of sp³-hybridized carbons (Fsp3) is 0.375. The second-order valence-corrected chi connectivity index (χ2v) is 5.04. The van der Waals surface area contributed by atoms with Gasteiger partial charge in [0.2, 0.25) is 0 Å². The highest BCUT2D eigenvalue weighted by atomic mass is 16.5. The van der Waals surface area contributed by atoms with Gasteiger partial charge in [0.1, 0.15) is 0 Å². The molecule has 0 aliphatic heterocycles. The molecule has 1 aromatic rings. The van der Waals surface area contributed by atoms with Crippen LogP contribution in [0, 0.1) is 11.3 Å². The van der Waals surface area contributed by atoms with E-state index in [1.165, 1.54) is 14.2 Å². The largest absolute Gasteiger partial charge is 0.468 e. The number of esters is 2. The number of hydrogen-bond donors (Lipinski definition) is 0. The molecule has 0 N–H and O–H groups in total. The molecule has 4 nitrogen and oxygen atoms in total. The first-order chi connectivity index (χ1) is 9.42. The third kappa shape index (κ3) is 3.95. The molecule has 4 heteroatoms. The van der Waals surface area contributed by atoms with Crippen molar-refractivity contribution in [1.29, 1.82) is 0 Å². The summed E-state index contributed by atoms with van der Waals surface area (Å²) < 4.78 is 9.40. The van der Waals surface area contributed by atoms with Gasteiger partial charge in [0, 0.05) is 5.41 Å². The van der Waals surface area contributed by atoms with Crippen LogP contribution in [-0.2, 0) is 19.1 Å². The summed E-state index contributed by atoms with van der Waals surface area (Å²) in [6.07, 6.45) is 3.69. The van der Waals surface area contributed by atoms with Crippen molar-refractivity contribution >= 4 is 18.0 Å². The molecule has 0 spiro atoms. The summed E-state index contributed by atoms with van der Waals surface area (Å²) in [5.41, 5.74) is 0.282. The van der Waals surface area contributed by atoms with Gasteiger partial charge in [-0.3, -0.25) is 9.59 Å². The van der Waals surface area contributed by atoms with Crippen LogP contribution in [0.4, 0.5) is 0 Å². The predicted molar refractivity (Wildman–Crippen MR) is 76.8 cm³/mol. The average Bonchev–Trinajstić information content (AvgIpc) is 2.45. The fourth-order valence-electron chi connectivity index (χ4n) is 1.91. The number of hydrogen-bond acceptors (Lipinski definition) is 4. The molecule has 108 valence electrons. The van der Waals surface area contributed by atoms with E-state index in [1.807, 2.05) is 42.5 Å².